The number of tetrazole rings is 1. The molecular formula is C21H27N5O3. The topological polar surface area (TPSA) is 91.2 Å². The number of carbonyl (C=O) groups excluding carboxylic acids is 1. The van der Waals surface area contributed by atoms with Gasteiger partial charge in [0, 0.05) is 5.70 Å². The molecule has 2 aromatic rings. The number of nitrogens with one attached hydrogen (secondary N) is 1. The molecule has 0 amide bonds. The Bertz CT molecular complexity index is 873. The Labute approximate surface area is 170 Å². The van der Waals surface area contributed by atoms with Crippen molar-refractivity contribution in [2.75, 3.05) is 18.5 Å². The van der Waals surface area contributed by atoms with Gasteiger partial charge in [-0.1, -0.05) is 56.1 Å². The number of esters is 1. The van der Waals surface area contributed by atoms with Crippen LogP contribution in [0.3, 0.4) is 0 Å². The molecule has 3 rings (SSSR count). The third-order valence-corrected chi connectivity index (χ3v) is 4.73. The number of rotatable bonds is 10. The fourth-order valence-corrected chi connectivity index (χ4v) is 3.26. The molecule has 154 valence electrons. The van der Waals surface area contributed by atoms with Crippen LogP contribution in [-0.2, 0) is 9.53 Å². The highest BCUT2D eigenvalue weighted by molar-refractivity contribution is 5.92. The Hall–Kier alpha value is -3.16. The number of anilines is 1. The second-order valence-electron chi connectivity index (χ2n) is 6.88. The minimum absolute atomic E-state index is 0.135. The monoisotopic (exact) mass is 397 g/mol. The van der Waals surface area contributed by atoms with Crippen molar-refractivity contribution in [2.45, 2.75) is 45.6 Å². The molecule has 2 heterocycles. The lowest BCUT2D eigenvalue weighted by atomic mass is 9.96. The molecule has 0 bridgehead atoms. The van der Waals surface area contributed by atoms with Gasteiger partial charge in [-0.25, -0.2) is 4.79 Å². The molecule has 8 nitrogen and oxygen atoms in total. The molecule has 1 unspecified atom stereocenters. The van der Waals surface area contributed by atoms with Gasteiger partial charge >= 0.3 is 5.97 Å². The van der Waals surface area contributed by atoms with E-state index in [4.69, 9.17) is 9.47 Å². The summed E-state index contributed by atoms with van der Waals surface area (Å²) >= 11 is 0. The Morgan fingerprint density at radius 3 is 2.79 bits per heavy atom. The number of allylic oxidation sites excluding steroid dienone is 1. The summed E-state index contributed by atoms with van der Waals surface area (Å²) in [6, 6.07) is 7.18. The third kappa shape index (κ3) is 4.82. The first-order valence-corrected chi connectivity index (χ1v) is 9.92. The zero-order valence-electron chi connectivity index (χ0n) is 16.9. The molecule has 0 aliphatic carbocycles. The van der Waals surface area contributed by atoms with Crippen molar-refractivity contribution in [3.8, 4) is 5.75 Å². The number of hydrogen-bond acceptors (Lipinski definition) is 7. The van der Waals surface area contributed by atoms with Crippen LogP contribution in [0.1, 0.15) is 51.1 Å². The normalized spacial score (nSPS) is 15.4. The van der Waals surface area contributed by atoms with Gasteiger partial charge in [0.1, 0.15) is 18.4 Å². The summed E-state index contributed by atoms with van der Waals surface area (Å²) in [4.78, 5) is 12.7. The van der Waals surface area contributed by atoms with E-state index < -0.39 is 12.0 Å². The minimum Gasteiger partial charge on any atom is -0.494 e. The Morgan fingerprint density at radius 2 is 2.07 bits per heavy atom. The van der Waals surface area contributed by atoms with Gasteiger partial charge in [-0.2, -0.15) is 4.68 Å². The standard InChI is InChI=1S/C21H27N5O3/c1-4-6-7-8-14-28-17-11-9-16(10-12-17)19-18(20(27)29-13-5-2)15(3)22-21-23-24-25-26(19)21/h5,9-12,19H,2,4,6-8,13-14H2,1,3H3,(H,22,23,25). The van der Waals surface area contributed by atoms with Gasteiger partial charge in [-0.3, -0.25) is 0 Å². The van der Waals surface area contributed by atoms with E-state index in [1.54, 1.807) is 4.68 Å². The van der Waals surface area contributed by atoms with E-state index in [0.717, 1.165) is 17.7 Å². The van der Waals surface area contributed by atoms with Crippen molar-refractivity contribution in [1.29, 1.82) is 0 Å². The SMILES string of the molecule is C=CCOC(=O)C1=C(C)Nc2nnnn2C1c1ccc(OCCCCCC)cc1. The number of benzene rings is 1. The van der Waals surface area contributed by atoms with Gasteiger partial charge in [0.2, 0.25) is 5.95 Å². The fraction of sp³-hybridized carbons (Fsp3) is 0.429. The number of nitrogens with zero attached hydrogens (tertiary/aromatic N) is 4. The number of fused-ring (bicyclic) bond motifs is 1. The van der Waals surface area contributed by atoms with E-state index in [-0.39, 0.29) is 6.61 Å². The van der Waals surface area contributed by atoms with Crippen LogP contribution in [0.2, 0.25) is 0 Å². The smallest absolute Gasteiger partial charge is 0.338 e. The maximum absolute atomic E-state index is 12.7. The summed E-state index contributed by atoms with van der Waals surface area (Å²) in [7, 11) is 0. The third-order valence-electron chi connectivity index (χ3n) is 4.73. The zero-order valence-corrected chi connectivity index (χ0v) is 16.9. The van der Waals surface area contributed by atoms with Gasteiger partial charge in [0.05, 0.1) is 12.2 Å². The lowest BCUT2D eigenvalue weighted by Gasteiger charge is -2.27. The van der Waals surface area contributed by atoms with Crippen LogP contribution in [0.25, 0.3) is 0 Å². The molecule has 1 N–H and O–H groups in total. The van der Waals surface area contributed by atoms with E-state index in [9.17, 15) is 4.79 Å². The molecule has 0 radical (unpaired) electrons. The summed E-state index contributed by atoms with van der Waals surface area (Å²) < 4.78 is 12.7. The number of unbranched alkanes of at least 4 members (excludes halogenated alkanes) is 3. The van der Waals surface area contributed by atoms with E-state index in [1.165, 1.54) is 25.3 Å². The van der Waals surface area contributed by atoms with Crippen molar-refractivity contribution in [3.63, 3.8) is 0 Å². The zero-order chi connectivity index (χ0) is 20.6. The maximum atomic E-state index is 12.7. The first kappa shape index (κ1) is 20.6. The second kappa shape index (κ2) is 9.86. The van der Waals surface area contributed by atoms with Crippen molar-refractivity contribution in [3.05, 3.63) is 53.8 Å². The number of ether oxygens (including phenoxy) is 2. The van der Waals surface area contributed by atoms with Crippen LogP contribution >= 0.6 is 0 Å². The second-order valence-corrected chi connectivity index (χ2v) is 6.88. The van der Waals surface area contributed by atoms with E-state index in [2.05, 4.69) is 34.3 Å². The molecular weight excluding hydrogens is 370 g/mol. The number of hydrogen-bond donors (Lipinski definition) is 1. The van der Waals surface area contributed by atoms with Crippen LogP contribution < -0.4 is 10.1 Å². The van der Waals surface area contributed by atoms with E-state index in [0.29, 0.717) is 23.8 Å². The highest BCUT2D eigenvalue weighted by atomic mass is 16.5. The average molecular weight is 397 g/mol. The van der Waals surface area contributed by atoms with Crippen LogP contribution in [0.15, 0.2) is 48.2 Å². The van der Waals surface area contributed by atoms with Gasteiger partial charge < -0.3 is 14.8 Å². The number of carbonyl (C=O) groups is 1. The highest BCUT2D eigenvalue weighted by Gasteiger charge is 2.34. The number of aromatic nitrogens is 4. The lowest BCUT2D eigenvalue weighted by molar-refractivity contribution is -0.138. The van der Waals surface area contributed by atoms with E-state index in [1.807, 2.05) is 31.2 Å². The van der Waals surface area contributed by atoms with Crippen molar-refractivity contribution >= 4 is 11.9 Å². The molecule has 1 atom stereocenters. The summed E-state index contributed by atoms with van der Waals surface area (Å²) in [6.45, 7) is 8.42. The predicted molar refractivity (Wildman–Crippen MR) is 110 cm³/mol. The van der Waals surface area contributed by atoms with Crippen molar-refractivity contribution in [1.82, 2.24) is 20.2 Å². The van der Waals surface area contributed by atoms with Crippen molar-refractivity contribution in [2.24, 2.45) is 0 Å². The van der Waals surface area contributed by atoms with Gasteiger partial charge in [0.15, 0.2) is 0 Å². The lowest BCUT2D eigenvalue weighted by Crippen LogP contribution is -2.29. The molecule has 1 aliphatic rings. The summed E-state index contributed by atoms with van der Waals surface area (Å²) in [6.07, 6.45) is 6.18. The average Bonchev–Trinajstić information content (AvgIpc) is 3.19. The first-order valence-electron chi connectivity index (χ1n) is 9.92. The fourth-order valence-electron chi connectivity index (χ4n) is 3.26. The molecule has 1 aromatic heterocycles. The molecule has 8 heteroatoms. The van der Waals surface area contributed by atoms with Crippen molar-refractivity contribution < 1.29 is 14.3 Å². The highest BCUT2D eigenvalue weighted by Crippen LogP contribution is 2.35. The molecule has 0 saturated carbocycles. The summed E-state index contributed by atoms with van der Waals surface area (Å²) in [5, 5.41) is 14.8. The van der Waals surface area contributed by atoms with E-state index >= 15 is 0 Å². The van der Waals surface area contributed by atoms with Gasteiger partial charge in [-0.15, -0.1) is 0 Å². The van der Waals surface area contributed by atoms with Crippen LogP contribution in [0, 0.1) is 0 Å². The molecule has 1 aromatic carbocycles. The Balaban J connectivity index is 1.80. The molecule has 1 aliphatic heterocycles. The predicted octanol–water partition coefficient (Wildman–Crippen LogP) is 3.65. The van der Waals surface area contributed by atoms with Crippen LogP contribution in [0.4, 0.5) is 5.95 Å². The van der Waals surface area contributed by atoms with Gasteiger partial charge in [-0.05, 0) is 41.5 Å². The molecule has 0 saturated heterocycles. The molecule has 29 heavy (non-hydrogen) atoms. The molecule has 0 fully saturated rings. The van der Waals surface area contributed by atoms with Crippen LogP contribution in [-0.4, -0.2) is 39.4 Å². The maximum Gasteiger partial charge on any atom is 0.338 e. The molecule has 0 spiro atoms. The summed E-state index contributed by atoms with van der Waals surface area (Å²) in [5.41, 5.74) is 1.98. The first-order chi connectivity index (χ1) is 14.2. The Kier molecular flexibility index (Phi) is 6.99. The quantitative estimate of drug-likeness (QED) is 0.372. The minimum atomic E-state index is -0.489. The summed E-state index contributed by atoms with van der Waals surface area (Å²) in [5.74, 6) is 0.842. The van der Waals surface area contributed by atoms with Gasteiger partial charge in [0.25, 0.3) is 0 Å². The Morgan fingerprint density at radius 1 is 1.28 bits per heavy atom. The largest absolute Gasteiger partial charge is 0.494 e. The van der Waals surface area contributed by atoms with Crippen LogP contribution in [0.5, 0.6) is 5.75 Å².